The lowest BCUT2D eigenvalue weighted by molar-refractivity contribution is 0.108. The molecule has 2 aromatic rings. The van der Waals surface area contributed by atoms with Gasteiger partial charge < -0.3 is 0 Å². The number of halogens is 1. The van der Waals surface area contributed by atoms with Crippen molar-refractivity contribution in [3.05, 3.63) is 59.7 Å². The third-order valence-electron chi connectivity index (χ3n) is 2.46. The molecule has 0 aliphatic rings. The van der Waals surface area contributed by atoms with Crippen molar-refractivity contribution in [3.8, 4) is 17.2 Å². The molecule has 3 heteroatoms. The highest BCUT2D eigenvalue weighted by atomic mass is 35.5. The van der Waals surface area contributed by atoms with E-state index in [-0.39, 0.29) is 0 Å². The van der Waals surface area contributed by atoms with Crippen molar-refractivity contribution in [1.29, 1.82) is 5.26 Å². The first kappa shape index (κ1) is 11.4. The third-order valence-corrected chi connectivity index (χ3v) is 2.68. The Kier molecular flexibility index (Phi) is 3.22. The molecule has 0 N–H and O–H groups in total. The SMILES string of the molecule is N#Cc1ccc(-c2ccc(C(=O)Cl)cc2)cc1. The van der Waals surface area contributed by atoms with E-state index in [4.69, 9.17) is 16.9 Å². The van der Waals surface area contributed by atoms with Gasteiger partial charge in [0.2, 0.25) is 0 Å². The number of hydrogen-bond acceptors (Lipinski definition) is 2. The molecule has 0 atom stereocenters. The van der Waals surface area contributed by atoms with Crippen molar-refractivity contribution in [2.45, 2.75) is 0 Å². The van der Waals surface area contributed by atoms with Crippen LogP contribution in [0.25, 0.3) is 11.1 Å². The number of carbonyl (C=O) groups excluding carboxylic acids is 1. The monoisotopic (exact) mass is 241 g/mol. The van der Waals surface area contributed by atoms with Crippen LogP contribution in [0.5, 0.6) is 0 Å². The Bertz CT molecular complexity index is 579. The molecule has 82 valence electrons. The zero-order chi connectivity index (χ0) is 12.3. The molecule has 2 aromatic carbocycles. The molecule has 2 rings (SSSR count). The Morgan fingerprint density at radius 2 is 1.41 bits per heavy atom. The van der Waals surface area contributed by atoms with E-state index in [1.165, 1.54) is 0 Å². The van der Waals surface area contributed by atoms with Crippen LogP contribution in [-0.2, 0) is 0 Å². The Morgan fingerprint density at radius 1 is 0.941 bits per heavy atom. The lowest BCUT2D eigenvalue weighted by atomic mass is 10.0. The molecule has 0 amide bonds. The first-order valence-electron chi connectivity index (χ1n) is 5.01. The smallest absolute Gasteiger partial charge is 0.252 e. The van der Waals surface area contributed by atoms with Crippen LogP contribution < -0.4 is 0 Å². The number of nitriles is 1. The molecule has 0 unspecified atom stereocenters. The Labute approximate surface area is 104 Å². The van der Waals surface area contributed by atoms with E-state index in [9.17, 15) is 4.79 Å². The second-order valence-electron chi connectivity index (χ2n) is 3.54. The average Bonchev–Trinajstić information content (AvgIpc) is 2.39. The molecule has 0 heterocycles. The minimum Gasteiger partial charge on any atom is -0.276 e. The van der Waals surface area contributed by atoms with Crippen LogP contribution in [0.3, 0.4) is 0 Å². The maximum absolute atomic E-state index is 10.9. The summed E-state index contributed by atoms with van der Waals surface area (Å²) in [7, 11) is 0. The first-order valence-corrected chi connectivity index (χ1v) is 5.39. The van der Waals surface area contributed by atoms with Gasteiger partial charge in [0.1, 0.15) is 0 Å². The van der Waals surface area contributed by atoms with Gasteiger partial charge in [-0.1, -0.05) is 24.3 Å². The standard InChI is InChI=1S/C14H8ClNO/c15-14(17)13-7-5-12(6-8-13)11-3-1-10(9-16)2-4-11/h1-8H. The van der Waals surface area contributed by atoms with Crippen LogP contribution in [0.4, 0.5) is 0 Å². The molecule has 0 saturated carbocycles. The van der Waals surface area contributed by atoms with E-state index in [1.54, 1.807) is 24.3 Å². The molecular weight excluding hydrogens is 234 g/mol. The largest absolute Gasteiger partial charge is 0.276 e. The van der Waals surface area contributed by atoms with Gasteiger partial charge in [-0.05, 0) is 47.0 Å². The zero-order valence-electron chi connectivity index (χ0n) is 8.85. The van der Waals surface area contributed by atoms with Gasteiger partial charge in [0.15, 0.2) is 0 Å². The molecule has 0 saturated heterocycles. The van der Waals surface area contributed by atoms with E-state index in [1.807, 2.05) is 24.3 Å². The van der Waals surface area contributed by atoms with E-state index in [0.717, 1.165) is 11.1 Å². The van der Waals surface area contributed by atoms with Crippen molar-refractivity contribution >= 4 is 16.8 Å². The molecule has 0 spiro atoms. The Balaban J connectivity index is 2.33. The van der Waals surface area contributed by atoms with Gasteiger partial charge in [0.05, 0.1) is 11.6 Å². The van der Waals surface area contributed by atoms with E-state index in [2.05, 4.69) is 6.07 Å². The second-order valence-corrected chi connectivity index (χ2v) is 3.88. The van der Waals surface area contributed by atoms with Gasteiger partial charge >= 0.3 is 0 Å². The van der Waals surface area contributed by atoms with Gasteiger partial charge in [-0.25, -0.2) is 0 Å². The average molecular weight is 242 g/mol. The molecule has 0 aromatic heterocycles. The minimum atomic E-state index is -0.462. The Hall–Kier alpha value is -2.11. The van der Waals surface area contributed by atoms with E-state index >= 15 is 0 Å². The van der Waals surface area contributed by atoms with Crippen LogP contribution in [0, 0.1) is 11.3 Å². The van der Waals surface area contributed by atoms with Gasteiger partial charge in [0, 0.05) is 5.56 Å². The Morgan fingerprint density at radius 3 is 1.82 bits per heavy atom. The van der Waals surface area contributed by atoms with Gasteiger partial charge in [-0.15, -0.1) is 0 Å². The fourth-order valence-electron chi connectivity index (χ4n) is 1.53. The molecule has 0 fully saturated rings. The fourth-order valence-corrected chi connectivity index (χ4v) is 1.66. The van der Waals surface area contributed by atoms with Crippen LogP contribution in [-0.4, -0.2) is 5.24 Å². The van der Waals surface area contributed by atoms with Crippen molar-refractivity contribution in [1.82, 2.24) is 0 Å². The molecule has 0 aliphatic carbocycles. The number of rotatable bonds is 2. The zero-order valence-corrected chi connectivity index (χ0v) is 9.61. The van der Waals surface area contributed by atoms with Crippen molar-refractivity contribution in [2.75, 3.05) is 0 Å². The molecule has 2 nitrogen and oxygen atoms in total. The lowest BCUT2D eigenvalue weighted by Crippen LogP contribution is -1.87. The van der Waals surface area contributed by atoms with Gasteiger partial charge in [-0.2, -0.15) is 5.26 Å². The first-order chi connectivity index (χ1) is 8.20. The summed E-state index contributed by atoms with van der Waals surface area (Å²) in [6.45, 7) is 0. The molecule has 0 bridgehead atoms. The van der Waals surface area contributed by atoms with Crippen molar-refractivity contribution in [2.24, 2.45) is 0 Å². The predicted molar refractivity (Wildman–Crippen MR) is 66.8 cm³/mol. The summed E-state index contributed by atoms with van der Waals surface area (Å²) in [5, 5.41) is 8.23. The second kappa shape index (κ2) is 4.82. The molecule has 17 heavy (non-hydrogen) atoms. The number of nitrogens with zero attached hydrogens (tertiary/aromatic N) is 1. The highest BCUT2D eigenvalue weighted by Gasteiger charge is 2.02. The van der Waals surface area contributed by atoms with E-state index < -0.39 is 5.24 Å². The quantitative estimate of drug-likeness (QED) is 0.754. The minimum absolute atomic E-state index is 0.462. The fraction of sp³-hybridized carbons (Fsp3) is 0. The van der Waals surface area contributed by atoms with Gasteiger partial charge in [-0.3, -0.25) is 4.79 Å². The maximum Gasteiger partial charge on any atom is 0.252 e. The highest BCUT2D eigenvalue weighted by Crippen LogP contribution is 2.20. The van der Waals surface area contributed by atoms with Crippen LogP contribution in [0.15, 0.2) is 48.5 Å². The summed E-state index contributed by atoms with van der Waals surface area (Å²) >= 11 is 5.37. The van der Waals surface area contributed by atoms with E-state index in [0.29, 0.717) is 11.1 Å². The number of benzene rings is 2. The normalized spacial score (nSPS) is 9.65. The molecule has 0 radical (unpaired) electrons. The summed E-state index contributed by atoms with van der Waals surface area (Å²) in [6, 6.07) is 16.4. The summed E-state index contributed by atoms with van der Waals surface area (Å²) in [6.07, 6.45) is 0. The van der Waals surface area contributed by atoms with Crippen molar-refractivity contribution in [3.63, 3.8) is 0 Å². The van der Waals surface area contributed by atoms with Crippen LogP contribution in [0.1, 0.15) is 15.9 Å². The molecule has 0 aliphatic heterocycles. The summed E-state index contributed by atoms with van der Waals surface area (Å²) in [5.74, 6) is 0. The highest BCUT2D eigenvalue weighted by molar-refractivity contribution is 6.67. The number of carbonyl (C=O) groups is 1. The predicted octanol–water partition coefficient (Wildman–Crippen LogP) is 3.60. The number of hydrogen-bond donors (Lipinski definition) is 0. The molecular formula is C14H8ClNO. The summed E-state index contributed by atoms with van der Waals surface area (Å²) < 4.78 is 0. The third kappa shape index (κ3) is 2.52. The summed E-state index contributed by atoms with van der Waals surface area (Å²) in [4.78, 5) is 10.9. The van der Waals surface area contributed by atoms with Gasteiger partial charge in [0.25, 0.3) is 5.24 Å². The lowest BCUT2D eigenvalue weighted by Gasteiger charge is -2.02. The van der Waals surface area contributed by atoms with Crippen molar-refractivity contribution < 1.29 is 4.79 Å². The summed E-state index contributed by atoms with van der Waals surface area (Å²) in [5.41, 5.74) is 3.08. The maximum atomic E-state index is 10.9. The van der Waals surface area contributed by atoms with Crippen LogP contribution in [0.2, 0.25) is 0 Å². The topological polar surface area (TPSA) is 40.9 Å². The van der Waals surface area contributed by atoms with Crippen LogP contribution >= 0.6 is 11.6 Å².